The van der Waals surface area contributed by atoms with Gasteiger partial charge in [-0.1, -0.05) is 29.3 Å². The zero-order valence-corrected chi connectivity index (χ0v) is 15.1. The number of carbonyl (C=O) groups excluding carboxylic acids is 1. The molecule has 2 aliphatic rings. The molecule has 0 spiro atoms. The third-order valence-electron chi connectivity index (χ3n) is 4.05. The molecule has 1 aliphatic heterocycles. The van der Waals surface area contributed by atoms with Gasteiger partial charge < -0.3 is 15.0 Å². The third kappa shape index (κ3) is 5.23. The molecule has 1 aromatic carbocycles. The van der Waals surface area contributed by atoms with Crippen LogP contribution in [0.2, 0.25) is 10.0 Å². The van der Waals surface area contributed by atoms with E-state index in [1.54, 1.807) is 6.07 Å². The first-order chi connectivity index (χ1) is 10.6. The van der Waals surface area contributed by atoms with Crippen LogP contribution in [0.15, 0.2) is 18.2 Å². The first-order valence-electron chi connectivity index (χ1n) is 7.69. The van der Waals surface area contributed by atoms with Gasteiger partial charge in [-0.05, 0) is 30.5 Å². The average Bonchev–Trinajstić information content (AvgIpc) is 3.34. The van der Waals surface area contributed by atoms with Crippen molar-refractivity contribution in [3.63, 3.8) is 0 Å². The molecule has 1 atom stereocenters. The van der Waals surface area contributed by atoms with E-state index in [9.17, 15) is 4.79 Å². The monoisotopic (exact) mass is 378 g/mol. The molecule has 0 aromatic heterocycles. The lowest BCUT2D eigenvalue weighted by Gasteiger charge is -2.28. The lowest BCUT2D eigenvalue weighted by atomic mass is 10.1. The molecule has 3 rings (SSSR count). The first kappa shape index (κ1) is 18.8. The summed E-state index contributed by atoms with van der Waals surface area (Å²) in [5.41, 5.74) is 1.01. The summed E-state index contributed by atoms with van der Waals surface area (Å²) >= 11 is 12.0. The van der Waals surface area contributed by atoms with E-state index in [0.29, 0.717) is 35.7 Å². The molecule has 1 heterocycles. The summed E-state index contributed by atoms with van der Waals surface area (Å²) in [5, 5.41) is 4.33. The van der Waals surface area contributed by atoms with Gasteiger partial charge in [-0.2, -0.15) is 0 Å². The quantitative estimate of drug-likeness (QED) is 0.853. The summed E-state index contributed by atoms with van der Waals surface area (Å²) in [7, 11) is 0. The number of rotatable bonds is 5. The Morgan fingerprint density at radius 1 is 1.30 bits per heavy atom. The SMILES string of the molecule is Cl.O=C(CC1CNCCO1)N(Cc1ccc(Cl)c(Cl)c1)C1CC1. The van der Waals surface area contributed by atoms with Crippen LogP contribution in [0.4, 0.5) is 0 Å². The maximum absolute atomic E-state index is 12.6. The topological polar surface area (TPSA) is 41.6 Å². The van der Waals surface area contributed by atoms with Gasteiger partial charge in [0.05, 0.1) is 29.2 Å². The van der Waals surface area contributed by atoms with Crippen LogP contribution in [0.3, 0.4) is 0 Å². The smallest absolute Gasteiger partial charge is 0.225 e. The lowest BCUT2D eigenvalue weighted by Crippen LogP contribution is -2.42. The second kappa shape index (κ2) is 8.54. The summed E-state index contributed by atoms with van der Waals surface area (Å²) in [4.78, 5) is 14.6. The molecule has 1 aliphatic carbocycles. The van der Waals surface area contributed by atoms with Gasteiger partial charge in [-0.25, -0.2) is 0 Å². The van der Waals surface area contributed by atoms with Gasteiger partial charge >= 0.3 is 0 Å². The Labute approximate surface area is 152 Å². The highest BCUT2D eigenvalue weighted by atomic mass is 35.5. The number of hydrogen-bond acceptors (Lipinski definition) is 3. The molecule has 7 heteroatoms. The molecule has 1 unspecified atom stereocenters. The first-order valence-corrected chi connectivity index (χ1v) is 8.45. The van der Waals surface area contributed by atoms with Crippen LogP contribution in [-0.4, -0.2) is 42.6 Å². The summed E-state index contributed by atoms with van der Waals surface area (Å²) in [6.45, 7) is 2.87. The van der Waals surface area contributed by atoms with Crippen molar-refractivity contribution in [1.29, 1.82) is 0 Å². The molecule has 0 radical (unpaired) electrons. The Bertz CT molecular complexity index is 546. The van der Waals surface area contributed by atoms with Gasteiger partial charge in [0.25, 0.3) is 0 Å². The summed E-state index contributed by atoms with van der Waals surface area (Å²) in [6.07, 6.45) is 2.58. The highest BCUT2D eigenvalue weighted by Crippen LogP contribution is 2.30. The highest BCUT2D eigenvalue weighted by molar-refractivity contribution is 6.42. The fourth-order valence-electron chi connectivity index (χ4n) is 2.70. The van der Waals surface area contributed by atoms with E-state index in [-0.39, 0.29) is 24.4 Å². The normalized spacial score (nSPS) is 20.7. The zero-order chi connectivity index (χ0) is 15.5. The molecule has 1 N–H and O–H groups in total. The number of ether oxygens (including phenoxy) is 1. The van der Waals surface area contributed by atoms with Crippen LogP contribution in [0.25, 0.3) is 0 Å². The Hall–Kier alpha value is -0.520. The molecule has 1 aromatic rings. The van der Waals surface area contributed by atoms with E-state index in [4.69, 9.17) is 27.9 Å². The second-order valence-electron chi connectivity index (χ2n) is 5.90. The van der Waals surface area contributed by atoms with Gasteiger partial charge in [0.2, 0.25) is 5.91 Å². The van der Waals surface area contributed by atoms with Crippen LogP contribution in [0.5, 0.6) is 0 Å². The van der Waals surface area contributed by atoms with E-state index in [1.807, 2.05) is 17.0 Å². The zero-order valence-electron chi connectivity index (χ0n) is 12.8. The van der Waals surface area contributed by atoms with Crippen molar-refractivity contribution in [3.8, 4) is 0 Å². The Morgan fingerprint density at radius 3 is 2.70 bits per heavy atom. The second-order valence-corrected chi connectivity index (χ2v) is 6.72. The van der Waals surface area contributed by atoms with Gasteiger partial charge in [0.1, 0.15) is 0 Å². The minimum Gasteiger partial charge on any atom is -0.375 e. The minimum atomic E-state index is -0.0173. The lowest BCUT2D eigenvalue weighted by molar-refractivity contribution is -0.136. The molecule has 0 bridgehead atoms. The Morgan fingerprint density at radius 2 is 2.09 bits per heavy atom. The Balaban J connectivity index is 0.00000192. The predicted molar refractivity (Wildman–Crippen MR) is 94.5 cm³/mol. The molecular weight excluding hydrogens is 359 g/mol. The van der Waals surface area contributed by atoms with E-state index >= 15 is 0 Å². The number of amides is 1. The molecule has 1 saturated carbocycles. The Kier molecular flexibility index (Phi) is 6.99. The standard InChI is InChI=1S/C16H20Cl2N2O2.ClH/c17-14-4-1-11(7-15(14)18)10-20(12-2-3-12)16(21)8-13-9-19-5-6-22-13;/h1,4,7,12-13,19H,2-3,5-6,8-10H2;1H. The van der Waals surface area contributed by atoms with Crippen LogP contribution in [0, 0.1) is 0 Å². The molecule has 1 saturated heterocycles. The summed E-state index contributed by atoms with van der Waals surface area (Å²) < 4.78 is 5.64. The van der Waals surface area contributed by atoms with Crippen LogP contribution >= 0.6 is 35.6 Å². The summed E-state index contributed by atoms with van der Waals surface area (Å²) in [5.74, 6) is 0.155. The van der Waals surface area contributed by atoms with Crippen molar-refractivity contribution in [2.45, 2.75) is 38.0 Å². The maximum atomic E-state index is 12.6. The van der Waals surface area contributed by atoms with Gasteiger partial charge in [0, 0.05) is 25.7 Å². The fourth-order valence-corrected chi connectivity index (χ4v) is 3.03. The van der Waals surface area contributed by atoms with E-state index < -0.39 is 0 Å². The van der Waals surface area contributed by atoms with Crippen LogP contribution in [-0.2, 0) is 16.1 Å². The number of nitrogens with one attached hydrogen (secondary N) is 1. The highest BCUT2D eigenvalue weighted by Gasteiger charge is 2.33. The minimum absolute atomic E-state index is 0. The maximum Gasteiger partial charge on any atom is 0.225 e. The molecular formula is C16H21Cl3N2O2. The number of morpholine rings is 1. The molecule has 2 fully saturated rings. The predicted octanol–water partition coefficient (Wildman–Crippen LogP) is 3.28. The van der Waals surface area contributed by atoms with Crippen molar-refractivity contribution in [2.24, 2.45) is 0 Å². The van der Waals surface area contributed by atoms with Crippen LogP contribution in [0.1, 0.15) is 24.8 Å². The van der Waals surface area contributed by atoms with Crippen molar-refractivity contribution < 1.29 is 9.53 Å². The van der Waals surface area contributed by atoms with Gasteiger partial charge in [-0.15, -0.1) is 12.4 Å². The van der Waals surface area contributed by atoms with Crippen molar-refractivity contribution in [1.82, 2.24) is 10.2 Å². The number of halogens is 3. The third-order valence-corrected chi connectivity index (χ3v) is 4.79. The average molecular weight is 380 g/mol. The number of nitrogens with zero attached hydrogens (tertiary/aromatic N) is 1. The van der Waals surface area contributed by atoms with Crippen molar-refractivity contribution >= 4 is 41.5 Å². The van der Waals surface area contributed by atoms with Crippen LogP contribution < -0.4 is 5.32 Å². The van der Waals surface area contributed by atoms with E-state index in [1.165, 1.54) is 0 Å². The molecule has 23 heavy (non-hydrogen) atoms. The van der Waals surface area contributed by atoms with E-state index in [2.05, 4.69) is 5.32 Å². The van der Waals surface area contributed by atoms with Gasteiger partial charge in [0.15, 0.2) is 0 Å². The largest absolute Gasteiger partial charge is 0.375 e. The number of hydrogen-bond donors (Lipinski definition) is 1. The van der Waals surface area contributed by atoms with E-state index in [0.717, 1.165) is 31.5 Å². The molecule has 128 valence electrons. The van der Waals surface area contributed by atoms with Crippen molar-refractivity contribution in [3.05, 3.63) is 33.8 Å². The summed E-state index contributed by atoms with van der Waals surface area (Å²) in [6, 6.07) is 5.91. The molecule has 1 amide bonds. The van der Waals surface area contributed by atoms with Crippen molar-refractivity contribution in [2.75, 3.05) is 19.7 Å². The fraction of sp³-hybridized carbons (Fsp3) is 0.562. The molecule has 4 nitrogen and oxygen atoms in total. The number of carbonyl (C=O) groups is 1. The van der Waals surface area contributed by atoms with Gasteiger partial charge in [-0.3, -0.25) is 4.79 Å². The number of benzene rings is 1.